The number of ether oxygens (including phenoxy) is 2. The minimum atomic E-state index is 0.231. The molecule has 4 heteroatoms. The zero-order valence-corrected chi connectivity index (χ0v) is 12.1. The Hall–Kier alpha value is -1.94. The summed E-state index contributed by atoms with van der Waals surface area (Å²) in [6, 6.07) is 8.28. The first kappa shape index (κ1) is 13.1. The number of hydrogen-bond donors (Lipinski definition) is 0. The van der Waals surface area contributed by atoms with Crippen LogP contribution in [0.3, 0.4) is 0 Å². The molecule has 3 rings (SSSR count). The Morgan fingerprint density at radius 3 is 2.70 bits per heavy atom. The van der Waals surface area contributed by atoms with Gasteiger partial charge in [-0.3, -0.25) is 4.90 Å². The standard InChI is InChI=1S/C16H19NO3/c1-11-7-15-16(20-10-19-15)8-13(11)9-17(3)12(2)14-5-4-6-18-14/h4-8,12H,9-10H2,1-3H3. The third kappa shape index (κ3) is 2.39. The lowest BCUT2D eigenvalue weighted by atomic mass is 10.1. The Kier molecular flexibility index (Phi) is 3.40. The molecule has 106 valence electrons. The van der Waals surface area contributed by atoms with Gasteiger partial charge in [-0.15, -0.1) is 0 Å². The van der Waals surface area contributed by atoms with Crippen LogP contribution in [0, 0.1) is 6.92 Å². The van der Waals surface area contributed by atoms with Gasteiger partial charge in [0.05, 0.1) is 12.3 Å². The second kappa shape index (κ2) is 5.21. The van der Waals surface area contributed by atoms with E-state index in [1.165, 1.54) is 11.1 Å². The minimum Gasteiger partial charge on any atom is -0.468 e. The lowest BCUT2D eigenvalue weighted by Gasteiger charge is -2.24. The van der Waals surface area contributed by atoms with Crippen molar-refractivity contribution in [3.63, 3.8) is 0 Å². The van der Waals surface area contributed by atoms with Crippen LogP contribution in [-0.4, -0.2) is 18.7 Å². The molecule has 2 heterocycles. The van der Waals surface area contributed by atoms with Gasteiger partial charge in [0.15, 0.2) is 11.5 Å². The van der Waals surface area contributed by atoms with Crippen molar-refractivity contribution < 1.29 is 13.9 Å². The fourth-order valence-electron chi connectivity index (χ4n) is 2.41. The van der Waals surface area contributed by atoms with Gasteiger partial charge in [-0.05, 0) is 56.3 Å². The molecule has 1 atom stereocenters. The van der Waals surface area contributed by atoms with Crippen LogP contribution in [0.2, 0.25) is 0 Å². The van der Waals surface area contributed by atoms with Crippen molar-refractivity contribution in [1.29, 1.82) is 0 Å². The lowest BCUT2D eigenvalue weighted by Crippen LogP contribution is -2.22. The van der Waals surface area contributed by atoms with Gasteiger partial charge < -0.3 is 13.9 Å². The topological polar surface area (TPSA) is 34.8 Å². The number of furan rings is 1. The van der Waals surface area contributed by atoms with E-state index in [4.69, 9.17) is 13.9 Å². The summed E-state index contributed by atoms with van der Waals surface area (Å²) in [6.45, 7) is 5.39. The van der Waals surface area contributed by atoms with E-state index in [0.29, 0.717) is 6.79 Å². The van der Waals surface area contributed by atoms with Crippen molar-refractivity contribution in [3.8, 4) is 11.5 Å². The summed E-state index contributed by atoms with van der Waals surface area (Å²) in [7, 11) is 2.09. The van der Waals surface area contributed by atoms with Gasteiger partial charge in [0, 0.05) is 6.54 Å². The molecule has 20 heavy (non-hydrogen) atoms. The summed E-state index contributed by atoms with van der Waals surface area (Å²) in [5.41, 5.74) is 2.46. The highest BCUT2D eigenvalue weighted by Crippen LogP contribution is 2.35. The van der Waals surface area contributed by atoms with Crippen LogP contribution in [0.1, 0.15) is 29.9 Å². The number of benzene rings is 1. The highest BCUT2D eigenvalue weighted by molar-refractivity contribution is 5.48. The predicted molar refractivity (Wildman–Crippen MR) is 75.9 cm³/mol. The average molecular weight is 273 g/mol. The van der Waals surface area contributed by atoms with Crippen molar-refractivity contribution in [3.05, 3.63) is 47.4 Å². The van der Waals surface area contributed by atoms with E-state index in [-0.39, 0.29) is 6.04 Å². The van der Waals surface area contributed by atoms with Crippen molar-refractivity contribution in [1.82, 2.24) is 4.90 Å². The number of aryl methyl sites for hydroxylation is 1. The quantitative estimate of drug-likeness (QED) is 0.854. The third-order valence-corrected chi connectivity index (χ3v) is 3.87. The molecule has 1 aromatic heterocycles. The molecule has 0 aliphatic carbocycles. The highest BCUT2D eigenvalue weighted by atomic mass is 16.7. The van der Waals surface area contributed by atoms with E-state index in [2.05, 4.69) is 31.9 Å². The zero-order valence-electron chi connectivity index (χ0n) is 12.1. The van der Waals surface area contributed by atoms with Crippen molar-refractivity contribution >= 4 is 0 Å². The third-order valence-electron chi connectivity index (χ3n) is 3.87. The van der Waals surface area contributed by atoms with Gasteiger partial charge >= 0.3 is 0 Å². The molecule has 0 radical (unpaired) electrons. The first-order valence-electron chi connectivity index (χ1n) is 6.78. The number of fused-ring (bicyclic) bond motifs is 1. The monoisotopic (exact) mass is 273 g/mol. The molecule has 0 saturated carbocycles. The van der Waals surface area contributed by atoms with E-state index < -0.39 is 0 Å². The Bertz CT molecular complexity index is 592. The van der Waals surface area contributed by atoms with Crippen LogP contribution in [-0.2, 0) is 6.54 Å². The van der Waals surface area contributed by atoms with E-state index in [1.807, 2.05) is 18.2 Å². The number of nitrogens with zero attached hydrogens (tertiary/aromatic N) is 1. The molecule has 0 spiro atoms. The first-order chi connectivity index (χ1) is 9.65. The normalized spacial score (nSPS) is 14.8. The fraction of sp³-hybridized carbons (Fsp3) is 0.375. The number of rotatable bonds is 4. The first-order valence-corrected chi connectivity index (χ1v) is 6.78. The molecular weight excluding hydrogens is 254 g/mol. The maximum atomic E-state index is 5.47. The summed E-state index contributed by atoms with van der Waals surface area (Å²) in [5.74, 6) is 2.66. The summed E-state index contributed by atoms with van der Waals surface area (Å²) in [6.07, 6.45) is 1.71. The average Bonchev–Trinajstić information content (AvgIpc) is 3.08. The van der Waals surface area contributed by atoms with Crippen molar-refractivity contribution in [2.24, 2.45) is 0 Å². The minimum absolute atomic E-state index is 0.231. The van der Waals surface area contributed by atoms with E-state index in [9.17, 15) is 0 Å². The van der Waals surface area contributed by atoms with E-state index >= 15 is 0 Å². The van der Waals surface area contributed by atoms with Crippen LogP contribution in [0.25, 0.3) is 0 Å². The lowest BCUT2D eigenvalue weighted by molar-refractivity contribution is 0.174. The van der Waals surface area contributed by atoms with Crippen molar-refractivity contribution in [2.75, 3.05) is 13.8 Å². The van der Waals surface area contributed by atoms with Crippen LogP contribution < -0.4 is 9.47 Å². The summed E-state index contributed by atoms with van der Waals surface area (Å²) >= 11 is 0. The van der Waals surface area contributed by atoms with Crippen LogP contribution in [0.15, 0.2) is 34.9 Å². The zero-order chi connectivity index (χ0) is 14.1. The molecule has 0 bridgehead atoms. The maximum Gasteiger partial charge on any atom is 0.231 e. The Labute approximate surface area is 118 Å². The van der Waals surface area contributed by atoms with Gasteiger partial charge in [0.1, 0.15) is 5.76 Å². The van der Waals surface area contributed by atoms with Gasteiger partial charge in [0.25, 0.3) is 0 Å². The van der Waals surface area contributed by atoms with Gasteiger partial charge in [-0.25, -0.2) is 0 Å². The highest BCUT2D eigenvalue weighted by Gasteiger charge is 2.19. The molecule has 0 N–H and O–H groups in total. The van der Waals surface area contributed by atoms with Crippen molar-refractivity contribution in [2.45, 2.75) is 26.4 Å². The molecule has 1 aliphatic rings. The van der Waals surface area contributed by atoms with Gasteiger partial charge in [-0.2, -0.15) is 0 Å². The van der Waals surface area contributed by atoms with Crippen LogP contribution in [0.4, 0.5) is 0 Å². The molecule has 1 aromatic carbocycles. The summed E-state index contributed by atoms with van der Waals surface area (Å²) in [5, 5.41) is 0. The summed E-state index contributed by atoms with van der Waals surface area (Å²) in [4.78, 5) is 2.25. The molecule has 0 amide bonds. The van der Waals surface area contributed by atoms with E-state index in [0.717, 1.165) is 23.8 Å². The predicted octanol–water partition coefficient (Wildman–Crippen LogP) is 3.51. The van der Waals surface area contributed by atoms with Crippen LogP contribution in [0.5, 0.6) is 11.5 Å². The second-order valence-electron chi connectivity index (χ2n) is 5.24. The molecule has 0 fully saturated rings. The largest absolute Gasteiger partial charge is 0.468 e. The Morgan fingerprint density at radius 2 is 2.00 bits per heavy atom. The smallest absolute Gasteiger partial charge is 0.231 e. The van der Waals surface area contributed by atoms with Gasteiger partial charge in [-0.1, -0.05) is 0 Å². The molecule has 0 saturated heterocycles. The Morgan fingerprint density at radius 1 is 1.25 bits per heavy atom. The molecular formula is C16H19NO3. The van der Waals surface area contributed by atoms with E-state index in [1.54, 1.807) is 6.26 Å². The maximum absolute atomic E-state index is 5.47. The molecule has 1 unspecified atom stereocenters. The summed E-state index contributed by atoms with van der Waals surface area (Å²) < 4.78 is 16.3. The fourth-order valence-corrected chi connectivity index (χ4v) is 2.41. The van der Waals surface area contributed by atoms with Gasteiger partial charge in [0.2, 0.25) is 6.79 Å². The molecule has 4 nitrogen and oxygen atoms in total. The van der Waals surface area contributed by atoms with Crippen LogP contribution >= 0.6 is 0 Å². The number of hydrogen-bond acceptors (Lipinski definition) is 4. The SMILES string of the molecule is Cc1cc2c(cc1CN(C)C(C)c1ccco1)OCO2. The second-order valence-corrected chi connectivity index (χ2v) is 5.24. The Balaban J connectivity index is 1.77. The molecule has 2 aromatic rings. The molecule has 1 aliphatic heterocycles.